The molecule has 0 aliphatic carbocycles. The molecular formula is C27H28ClN3O3S. The molecule has 2 heterocycles. The van der Waals surface area contributed by atoms with E-state index in [-0.39, 0.29) is 16.7 Å². The molecule has 1 saturated heterocycles. The first kappa shape index (κ1) is 23.7. The van der Waals surface area contributed by atoms with E-state index in [1.807, 2.05) is 48.5 Å². The highest BCUT2D eigenvalue weighted by Crippen LogP contribution is 2.32. The van der Waals surface area contributed by atoms with Gasteiger partial charge in [0.25, 0.3) is 10.0 Å². The monoisotopic (exact) mass is 509 g/mol. The molecule has 1 N–H and O–H groups in total. The largest absolute Gasteiger partial charge is 0.371 e. The van der Waals surface area contributed by atoms with Crippen molar-refractivity contribution in [1.29, 1.82) is 0 Å². The lowest BCUT2D eigenvalue weighted by molar-refractivity contribution is -0.120. The average molecular weight is 510 g/mol. The molecule has 0 spiro atoms. The fourth-order valence-electron chi connectivity index (χ4n) is 4.90. The average Bonchev–Trinajstić information content (AvgIpc) is 2.89. The number of rotatable bonds is 5. The van der Waals surface area contributed by atoms with Crippen LogP contribution < -0.4 is 14.5 Å². The van der Waals surface area contributed by atoms with Crippen molar-refractivity contribution in [2.75, 3.05) is 34.2 Å². The molecule has 2 aliphatic rings. The molecule has 0 unspecified atom stereocenters. The quantitative estimate of drug-likeness (QED) is 0.504. The Labute approximate surface area is 211 Å². The highest BCUT2D eigenvalue weighted by Gasteiger charge is 2.29. The molecule has 0 atom stereocenters. The van der Waals surface area contributed by atoms with E-state index < -0.39 is 10.0 Å². The first-order valence-corrected chi connectivity index (χ1v) is 13.8. The van der Waals surface area contributed by atoms with Crippen molar-refractivity contribution in [3.05, 3.63) is 83.4 Å². The molecule has 1 amide bonds. The summed E-state index contributed by atoms with van der Waals surface area (Å²) in [5.74, 6) is -0.116. The molecular weight excluding hydrogens is 482 g/mol. The van der Waals surface area contributed by atoms with E-state index in [0.29, 0.717) is 17.3 Å². The topological polar surface area (TPSA) is 69.7 Å². The van der Waals surface area contributed by atoms with Gasteiger partial charge in [0, 0.05) is 41.9 Å². The second-order valence-corrected chi connectivity index (χ2v) is 11.4. The van der Waals surface area contributed by atoms with Crippen LogP contribution in [0.15, 0.2) is 77.7 Å². The van der Waals surface area contributed by atoms with Gasteiger partial charge in [-0.25, -0.2) is 8.42 Å². The maximum Gasteiger partial charge on any atom is 0.264 e. The van der Waals surface area contributed by atoms with Gasteiger partial charge >= 0.3 is 0 Å². The number of carbonyl (C=O) groups is 1. The van der Waals surface area contributed by atoms with Gasteiger partial charge in [-0.05, 0) is 79.8 Å². The van der Waals surface area contributed by atoms with E-state index in [9.17, 15) is 13.2 Å². The summed E-state index contributed by atoms with van der Waals surface area (Å²) in [5, 5.41) is 3.67. The molecule has 0 saturated carbocycles. The van der Waals surface area contributed by atoms with Crippen LogP contribution in [-0.2, 0) is 21.2 Å². The summed E-state index contributed by atoms with van der Waals surface area (Å²) in [6, 6.07) is 21.9. The summed E-state index contributed by atoms with van der Waals surface area (Å²) in [4.78, 5) is 15.3. The van der Waals surface area contributed by atoms with Crippen molar-refractivity contribution in [3.63, 3.8) is 0 Å². The number of para-hydroxylation sites is 1. The highest BCUT2D eigenvalue weighted by molar-refractivity contribution is 7.92. The highest BCUT2D eigenvalue weighted by atomic mass is 35.5. The predicted molar refractivity (Wildman–Crippen MR) is 141 cm³/mol. The van der Waals surface area contributed by atoms with Crippen LogP contribution in [0.4, 0.5) is 17.1 Å². The molecule has 6 nitrogen and oxygen atoms in total. The minimum Gasteiger partial charge on any atom is -0.371 e. The molecule has 0 aromatic heterocycles. The second-order valence-electron chi connectivity index (χ2n) is 9.06. The Balaban J connectivity index is 1.22. The van der Waals surface area contributed by atoms with E-state index in [0.717, 1.165) is 55.7 Å². The van der Waals surface area contributed by atoms with E-state index >= 15 is 0 Å². The number of hydrogen-bond acceptors (Lipinski definition) is 4. The molecule has 0 bridgehead atoms. The molecule has 8 heteroatoms. The zero-order valence-corrected chi connectivity index (χ0v) is 20.9. The van der Waals surface area contributed by atoms with E-state index in [2.05, 4.69) is 10.2 Å². The molecule has 5 rings (SSSR count). The number of fused-ring (bicyclic) bond motifs is 1. The van der Waals surface area contributed by atoms with Gasteiger partial charge in [-0.3, -0.25) is 9.10 Å². The predicted octanol–water partition coefficient (Wildman–Crippen LogP) is 5.34. The molecule has 182 valence electrons. The van der Waals surface area contributed by atoms with Crippen LogP contribution in [0.3, 0.4) is 0 Å². The third-order valence-corrected chi connectivity index (χ3v) is 8.88. The van der Waals surface area contributed by atoms with Gasteiger partial charge < -0.3 is 10.2 Å². The van der Waals surface area contributed by atoms with Gasteiger partial charge in [0.15, 0.2) is 0 Å². The number of carbonyl (C=O) groups excluding carboxylic acids is 1. The maximum absolute atomic E-state index is 13.3. The van der Waals surface area contributed by atoms with Crippen LogP contribution in [0.2, 0.25) is 5.02 Å². The number of nitrogens with one attached hydrogen (secondary N) is 1. The fourth-order valence-corrected chi connectivity index (χ4v) is 6.63. The Morgan fingerprint density at radius 3 is 2.40 bits per heavy atom. The van der Waals surface area contributed by atoms with Crippen LogP contribution in [-0.4, -0.2) is 34.0 Å². The van der Waals surface area contributed by atoms with Gasteiger partial charge in [0.05, 0.1) is 10.6 Å². The maximum atomic E-state index is 13.3. The number of benzene rings is 3. The van der Waals surface area contributed by atoms with Crippen molar-refractivity contribution in [3.8, 4) is 0 Å². The lowest BCUT2D eigenvalue weighted by atomic mass is 9.95. The Bertz CT molecular complexity index is 1320. The zero-order valence-electron chi connectivity index (χ0n) is 19.4. The Hall–Kier alpha value is -3.03. The van der Waals surface area contributed by atoms with Crippen molar-refractivity contribution < 1.29 is 13.2 Å². The van der Waals surface area contributed by atoms with Gasteiger partial charge in [0.1, 0.15) is 0 Å². The molecule has 3 aromatic rings. The number of hydrogen-bond donors (Lipinski definition) is 1. The summed E-state index contributed by atoms with van der Waals surface area (Å²) in [5.41, 5.74) is 3.47. The number of halogens is 1. The van der Waals surface area contributed by atoms with Crippen LogP contribution in [0, 0.1) is 5.92 Å². The lowest BCUT2D eigenvalue weighted by Gasteiger charge is -2.33. The number of amides is 1. The Morgan fingerprint density at radius 2 is 1.66 bits per heavy atom. The molecule has 0 radical (unpaired) electrons. The number of anilines is 3. The standard InChI is InChI=1S/C27H28ClN3O3S/c28-22-7-3-8-24(19-22)30-17-14-21(15-18-30)27(32)29-23-10-12-25(13-11-23)35(33,34)31-16-4-6-20-5-1-2-9-26(20)31/h1-3,5,7-13,19,21H,4,6,14-18H2,(H,29,32). The number of nitrogens with zero attached hydrogens (tertiary/aromatic N) is 2. The lowest BCUT2D eigenvalue weighted by Crippen LogP contribution is -2.38. The van der Waals surface area contributed by atoms with E-state index in [1.165, 1.54) is 4.31 Å². The minimum atomic E-state index is -3.67. The van der Waals surface area contributed by atoms with Gasteiger partial charge in [-0.15, -0.1) is 0 Å². The van der Waals surface area contributed by atoms with Crippen LogP contribution in [0.1, 0.15) is 24.8 Å². The Kier molecular flexibility index (Phi) is 6.71. The SMILES string of the molecule is O=C(Nc1ccc(S(=O)(=O)N2CCCc3ccccc32)cc1)C1CCN(c2cccc(Cl)c2)CC1. The van der Waals surface area contributed by atoms with Gasteiger partial charge in [-0.1, -0.05) is 35.9 Å². The van der Waals surface area contributed by atoms with Gasteiger partial charge in [0.2, 0.25) is 5.91 Å². The van der Waals surface area contributed by atoms with E-state index in [1.54, 1.807) is 24.3 Å². The molecule has 35 heavy (non-hydrogen) atoms. The Morgan fingerprint density at radius 1 is 0.914 bits per heavy atom. The summed E-state index contributed by atoms with van der Waals surface area (Å²) in [6.45, 7) is 2.03. The van der Waals surface area contributed by atoms with Crippen molar-refractivity contribution >= 4 is 44.6 Å². The van der Waals surface area contributed by atoms with Crippen LogP contribution in [0.5, 0.6) is 0 Å². The number of sulfonamides is 1. The van der Waals surface area contributed by atoms with Crippen LogP contribution in [0.25, 0.3) is 0 Å². The smallest absolute Gasteiger partial charge is 0.264 e. The second kappa shape index (κ2) is 9.91. The summed E-state index contributed by atoms with van der Waals surface area (Å²) in [7, 11) is -3.67. The van der Waals surface area contributed by atoms with E-state index in [4.69, 9.17) is 11.6 Å². The number of piperidine rings is 1. The first-order valence-electron chi connectivity index (χ1n) is 11.9. The van der Waals surface area contributed by atoms with Crippen molar-refractivity contribution in [1.82, 2.24) is 0 Å². The summed E-state index contributed by atoms with van der Waals surface area (Å²) < 4.78 is 28.1. The summed E-state index contributed by atoms with van der Waals surface area (Å²) in [6.07, 6.45) is 3.17. The van der Waals surface area contributed by atoms with Crippen LogP contribution >= 0.6 is 11.6 Å². The fraction of sp³-hybridized carbons (Fsp3) is 0.296. The molecule has 1 fully saturated rings. The third kappa shape index (κ3) is 5.02. The first-order chi connectivity index (χ1) is 16.9. The zero-order chi connectivity index (χ0) is 24.4. The minimum absolute atomic E-state index is 0.0312. The van der Waals surface area contributed by atoms with Crippen molar-refractivity contribution in [2.24, 2.45) is 5.92 Å². The summed E-state index contributed by atoms with van der Waals surface area (Å²) >= 11 is 6.11. The molecule has 2 aliphatic heterocycles. The third-order valence-electron chi connectivity index (χ3n) is 6.82. The normalized spacial score (nSPS) is 16.6. The number of aryl methyl sites for hydroxylation is 1. The van der Waals surface area contributed by atoms with Gasteiger partial charge in [-0.2, -0.15) is 0 Å². The van der Waals surface area contributed by atoms with Crippen molar-refractivity contribution in [2.45, 2.75) is 30.6 Å². The molecule has 3 aromatic carbocycles.